The molecule has 1 unspecified atom stereocenters. The molecule has 0 rings (SSSR count). The fourth-order valence-corrected chi connectivity index (χ4v) is 0.960. The van der Waals surface area contributed by atoms with E-state index in [1.807, 2.05) is 12.2 Å². The van der Waals surface area contributed by atoms with Gasteiger partial charge in [-0.2, -0.15) is 0 Å². The third-order valence-electron chi connectivity index (χ3n) is 2.03. The van der Waals surface area contributed by atoms with Crippen molar-refractivity contribution >= 4 is 0 Å². The Kier molecular flexibility index (Phi) is 6.45. The van der Waals surface area contributed by atoms with E-state index in [-0.39, 0.29) is 0 Å². The summed E-state index contributed by atoms with van der Waals surface area (Å²) in [6.07, 6.45) is 9.57. The van der Waals surface area contributed by atoms with Gasteiger partial charge in [-0.15, -0.1) is 13.2 Å². The van der Waals surface area contributed by atoms with Gasteiger partial charge in [-0.3, -0.25) is 0 Å². The summed E-state index contributed by atoms with van der Waals surface area (Å²) in [6.45, 7) is 11.8. The molecule has 0 aromatic rings. The minimum absolute atomic E-state index is 0.636. The Morgan fingerprint density at radius 2 is 2.08 bits per heavy atom. The zero-order valence-corrected chi connectivity index (χ0v) is 8.34. The summed E-state index contributed by atoms with van der Waals surface area (Å²) in [5, 5.41) is 0. The van der Waals surface area contributed by atoms with E-state index >= 15 is 0 Å². The van der Waals surface area contributed by atoms with Crippen molar-refractivity contribution < 1.29 is 0 Å². The average Bonchev–Trinajstić information content (AvgIpc) is 2.10. The average molecular weight is 164 g/mol. The first-order valence-corrected chi connectivity index (χ1v) is 4.59. The lowest BCUT2D eigenvalue weighted by atomic mass is 10.0. The molecule has 0 aromatic heterocycles. The largest absolute Gasteiger partial charge is 0.103 e. The van der Waals surface area contributed by atoms with Crippen molar-refractivity contribution in [1.29, 1.82) is 0 Å². The zero-order chi connectivity index (χ0) is 9.40. The molecule has 0 aromatic carbocycles. The molecule has 0 aliphatic carbocycles. The smallest absolute Gasteiger partial charge is 0.0169 e. The Labute approximate surface area is 76.7 Å². The lowest BCUT2D eigenvalue weighted by molar-refractivity contribution is 0.645. The van der Waals surface area contributed by atoms with Crippen LogP contribution in [0.1, 0.15) is 33.1 Å². The summed E-state index contributed by atoms with van der Waals surface area (Å²) in [5.41, 5.74) is 1.46. The second kappa shape index (κ2) is 6.90. The van der Waals surface area contributed by atoms with Gasteiger partial charge in [-0.05, 0) is 32.1 Å². The van der Waals surface area contributed by atoms with Gasteiger partial charge < -0.3 is 0 Å². The van der Waals surface area contributed by atoms with Crippen LogP contribution >= 0.6 is 0 Å². The van der Waals surface area contributed by atoms with E-state index in [4.69, 9.17) is 0 Å². The predicted octanol–water partition coefficient (Wildman–Crippen LogP) is 4.11. The quantitative estimate of drug-likeness (QED) is 0.518. The number of hydrogen-bond acceptors (Lipinski definition) is 0. The van der Waals surface area contributed by atoms with Crippen LogP contribution in [0.5, 0.6) is 0 Å². The van der Waals surface area contributed by atoms with Gasteiger partial charge in [0.05, 0.1) is 0 Å². The van der Waals surface area contributed by atoms with Crippen molar-refractivity contribution in [2.24, 2.45) is 5.92 Å². The Bertz CT molecular complexity index is 163. The maximum absolute atomic E-state index is 3.77. The van der Waals surface area contributed by atoms with E-state index in [1.165, 1.54) is 18.4 Å². The van der Waals surface area contributed by atoms with Crippen molar-refractivity contribution in [3.63, 3.8) is 0 Å². The Hall–Kier alpha value is -0.780. The van der Waals surface area contributed by atoms with Crippen molar-refractivity contribution in [3.8, 4) is 0 Å². The molecule has 0 saturated carbocycles. The summed E-state index contributed by atoms with van der Waals surface area (Å²) >= 11 is 0. The monoisotopic (exact) mass is 164 g/mol. The van der Waals surface area contributed by atoms with Crippen LogP contribution in [-0.4, -0.2) is 0 Å². The third-order valence-corrected chi connectivity index (χ3v) is 2.03. The van der Waals surface area contributed by atoms with Crippen LogP contribution < -0.4 is 0 Å². The molecule has 0 amide bonds. The van der Waals surface area contributed by atoms with Crippen LogP contribution in [0.25, 0.3) is 0 Å². The van der Waals surface area contributed by atoms with Crippen LogP contribution in [0, 0.1) is 5.92 Å². The van der Waals surface area contributed by atoms with E-state index in [2.05, 4.69) is 33.1 Å². The molecule has 0 heterocycles. The Morgan fingerprint density at radius 1 is 1.42 bits per heavy atom. The van der Waals surface area contributed by atoms with Gasteiger partial charge in [-0.25, -0.2) is 0 Å². The summed E-state index contributed by atoms with van der Waals surface area (Å²) < 4.78 is 0. The molecule has 1 atom stereocenters. The molecule has 0 heteroatoms. The van der Waals surface area contributed by atoms with Crippen LogP contribution in [0.4, 0.5) is 0 Å². The van der Waals surface area contributed by atoms with Gasteiger partial charge in [0.25, 0.3) is 0 Å². The molecule has 12 heavy (non-hydrogen) atoms. The van der Waals surface area contributed by atoms with Gasteiger partial charge in [0.2, 0.25) is 0 Å². The standard InChI is InChI=1S/C12H20/c1-5-7-8-12(4)10-9-11(3)6-2/h5-6,8,11H,1-2,7,9-10H2,3-4H3. The molecular weight excluding hydrogens is 144 g/mol. The number of rotatable bonds is 6. The highest BCUT2D eigenvalue weighted by atomic mass is 14.0. The van der Waals surface area contributed by atoms with Crippen LogP contribution in [-0.2, 0) is 0 Å². The van der Waals surface area contributed by atoms with Crippen molar-refractivity contribution in [3.05, 3.63) is 37.0 Å². The lowest BCUT2D eigenvalue weighted by Crippen LogP contribution is -1.89. The molecule has 68 valence electrons. The van der Waals surface area contributed by atoms with Gasteiger partial charge in [0.15, 0.2) is 0 Å². The normalized spacial score (nSPS) is 14.0. The maximum atomic E-state index is 3.77. The van der Waals surface area contributed by atoms with Gasteiger partial charge in [0.1, 0.15) is 0 Å². The highest BCUT2D eigenvalue weighted by Gasteiger charge is 1.95. The molecule has 0 spiro atoms. The first kappa shape index (κ1) is 11.2. The molecule has 0 aliphatic rings. The number of hydrogen-bond donors (Lipinski definition) is 0. The third kappa shape index (κ3) is 5.96. The molecule has 0 aliphatic heterocycles. The van der Waals surface area contributed by atoms with Crippen molar-refractivity contribution in [2.75, 3.05) is 0 Å². The van der Waals surface area contributed by atoms with E-state index in [0.717, 1.165) is 6.42 Å². The maximum Gasteiger partial charge on any atom is -0.0169 e. The van der Waals surface area contributed by atoms with E-state index in [0.29, 0.717) is 5.92 Å². The molecule has 0 saturated heterocycles. The van der Waals surface area contributed by atoms with Crippen molar-refractivity contribution in [2.45, 2.75) is 33.1 Å². The van der Waals surface area contributed by atoms with Crippen LogP contribution in [0.15, 0.2) is 37.0 Å². The zero-order valence-electron chi connectivity index (χ0n) is 8.34. The van der Waals surface area contributed by atoms with E-state index < -0.39 is 0 Å². The predicted molar refractivity (Wildman–Crippen MR) is 57.2 cm³/mol. The van der Waals surface area contributed by atoms with Gasteiger partial charge >= 0.3 is 0 Å². The summed E-state index contributed by atoms with van der Waals surface area (Å²) in [5.74, 6) is 0.636. The van der Waals surface area contributed by atoms with Crippen LogP contribution in [0.2, 0.25) is 0 Å². The van der Waals surface area contributed by atoms with Crippen molar-refractivity contribution in [1.82, 2.24) is 0 Å². The molecule has 0 radical (unpaired) electrons. The fourth-order valence-electron chi connectivity index (χ4n) is 0.960. The lowest BCUT2D eigenvalue weighted by Gasteiger charge is -2.04. The minimum atomic E-state index is 0.636. The molecule has 0 N–H and O–H groups in total. The summed E-state index contributed by atoms with van der Waals surface area (Å²) in [7, 11) is 0. The Balaban J connectivity index is 3.61. The molecule has 0 nitrogen and oxygen atoms in total. The molecular formula is C12H20. The number of allylic oxidation sites excluding steroid dienone is 4. The first-order valence-electron chi connectivity index (χ1n) is 4.59. The van der Waals surface area contributed by atoms with Crippen LogP contribution in [0.3, 0.4) is 0 Å². The SMILES string of the molecule is C=CCC=C(C)CCC(C)C=C. The minimum Gasteiger partial charge on any atom is -0.103 e. The highest BCUT2D eigenvalue weighted by Crippen LogP contribution is 2.12. The van der Waals surface area contributed by atoms with E-state index in [9.17, 15) is 0 Å². The molecule has 0 fully saturated rings. The van der Waals surface area contributed by atoms with Gasteiger partial charge in [0, 0.05) is 0 Å². The summed E-state index contributed by atoms with van der Waals surface area (Å²) in [6, 6.07) is 0. The topological polar surface area (TPSA) is 0 Å². The van der Waals surface area contributed by atoms with Gasteiger partial charge in [-0.1, -0.05) is 30.7 Å². The fraction of sp³-hybridized carbons (Fsp3) is 0.500. The first-order chi connectivity index (χ1) is 5.70. The second-order valence-electron chi connectivity index (χ2n) is 3.33. The summed E-state index contributed by atoms with van der Waals surface area (Å²) in [4.78, 5) is 0. The highest BCUT2D eigenvalue weighted by molar-refractivity contribution is 5.01. The Morgan fingerprint density at radius 3 is 2.58 bits per heavy atom. The van der Waals surface area contributed by atoms with E-state index in [1.54, 1.807) is 0 Å². The molecule has 0 bridgehead atoms. The second-order valence-corrected chi connectivity index (χ2v) is 3.33.